The van der Waals surface area contributed by atoms with Crippen molar-refractivity contribution in [2.75, 3.05) is 0 Å². The quantitative estimate of drug-likeness (QED) is 0.464. The number of carbonyl (C=O) groups is 1. The molecule has 4 aromatic rings. The Kier molecular flexibility index (Phi) is 5.10. The van der Waals surface area contributed by atoms with Crippen LogP contribution in [0.3, 0.4) is 0 Å². The van der Waals surface area contributed by atoms with Gasteiger partial charge in [0.2, 0.25) is 5.82 Å². The van der Waals surface area contributed by atoms with Crippen LogP contribution in [0.4, 0.5) is 4.39 Å². The molecule has 0 spiro atoms. The number of hydrogen-bond acceptors (Lipinski definition) is 7. The third-order valence-electron chi connectivity index (χ3n) is 4.23. The number of aromatic nitrogens is 5. The lowest BCUT2D eigenvalue weighted by Gasteiger charge is -2.04. The molecule has 0 amide bonds. The molecule has 4 rings (SSSR count). The summed E-state index contributed by atoms with van der Waals surface area (Å²) >= 11 is 0. The fourth-order valence-electron chi connectivity index (χ4n) is 2.62. The maximum Gasteiger partial charge on any atom is 0.338 e. The Balaban J connectivity index is 1.36. The van der Waals surface area contributed by atoms with Crippen LogP contribution in [0.25, 0.3) is 11.4 Å². The SMILES string of the molecule is Cc1ccc(-c2noc(COC(=O)c3ccc(Cn4cncn4)cc3)n2)cc1F. The van der Waals surface area contributed by atoms with Crippen LogP contribution < -0.4 is 0 Å². The van der Waals surface area contributed by atoms with Crippen molar-refractivity contribution >= 4 is 5.97 Å². The van der Waals surface area contributed by atoms with Crippen molar-refractivity contribution in [3.05, 3.63) is 83.5 Å². The van der Waals surface area contributed by atoms with Crippen LogP contribution in [0.5, 0.6) is 0 Å². The number of ether oxygens (including phenoxy) is 1. The molecule has 0 atom stereocenters. The number of esters is 1. The number of rotatable bonds is 6. The standard InChI is InChI=1S/C20H16FN5O3/c1-13-2-5-16(8-17(13)21)19-24-18(29-25-19)10-28-20(27)15-6-3-14(4-7-15)9-26-12-22-11-23-26/h2-8,11-12H,9-10H2,1H3. The lowest BCUT2D eigenvalue weighted by Crippen LogP contribution is -2.06. The number of halogens is 1. The summed E-state index contributed by atoms with van der Waals surface area (Å²) < 4.78 is 25.7. The molecule has 2 aromatic carbocycles. The number of benzene rings is 2. The monoisotopic (exact) mass is 393 g/mol. The first kappa shape index (κ1) is 18.5. The van der Waals surface area contributed by atoms with Gasteiger partial charge in [-0.1, -0.05) is 29.4 Å². The lowest BCUT2D eigenvalue weighted by atomic mass is 10.1. The van der Waals surface area contributed by atoms with E-state index in [1.807, 2.05) is 12.1 Å². The number of aryl methyl sites for hydroxylation is 1. The van der Waals surface area contributed by atoms with Gasteiger partial charge in [-0.3, -0.25) is 0 Å². The van der Waals surface area contributed by atoms with Crippen LogP contribution in [-0.4, -0.2) is 30.9 Å². The predicted molar refractivity (Wildman–Crippen MR) is 99.1 cm³/mol. The van der Waals surface area contributed by atoms with Crippen LogP contribution in [0, 0.1) is 12.7 Å². The van der Waals surface area contributed by atoms with Crippen molar-refractivity contribution in [3.63, 3.8) is 0 Å². The topological polar surface area (TPSA) is 95.9 Å². The molecule has 0 N–H and O–H groups in total. The summed E-state index contributed by atoms with van der Waals surface area (Å²) in [4.78, 5) is 20.2. The van der Waals surface area contributed by atoms with Crippen LogP contribution in [0.15, 0.2) is 59.6 Å². The van der Waals surface area contributed by atoms with Gasteiger partial charge in [-0.15, -0.1) is 0 Å². The molecule has 0 fully saturated rings. The van der Waals surface area contributed by atoms with E-state index in [-0.39, 0.29) is 24.1 Å². The molecule has 0 aliphatic carbocycles. The van der Waals surface area contributed by atoms with Gasteiger partial charge < -0.3 is 9.26 Å². The zero-order chi connectivity index (χ0) is 20.2. The second-order valence-corrected chi connectivity index (χ2v) is 6.34. The first-order chi connectivity index (χ1) is 14.1. The molecule has 0 radical (unpaired) electrons. The first-order valence-corrected chi connectivity index (χ1v) is 8.76. The van der Waals surface area contributed by atoms with E-state index in [9.17, 15) is 9.18 Å². The summed E-state index contributed by atoms with van der Waals surface area (Å²) in [5, 5.41) is 7.83. The van der Waals surface area contributed by atoms with Crippen molar-refractivity contribution in [1.29, 1.82) is 0 Å². The van der Waals surface area contributed by atoms with Gasteiger partial charge in [0.05, 0.1) is 12.1 Å². The normalized spacial score (nSPS) is 10.8. The molecule has 9 heteroatoms. The summed E-state index contributed by atoms with van der Waals surface area (Å²) in [5.74, 6) is -0.518. The molecular formula is C20H16FN5O3. The summed E-state index contributed by atoms with van der Waals surface area (Å²) in [6.45, 7) is 2.04. The molecule has 2 heterocycles. The zero-order valence-electron chi connectivity index (χ0n) is 15.4. The van der Waals surface area contributed by atoms with Gasteiger partial charge >= 0.3 is 5.97 Å². The number of carbonyl (C=O) groups excluding carboxylic acids is 1. The maximum atomic E-state index is 13.7. The van der Waals surface area contributed by atoms with Crippen molar-refractivity contribution in [1.82, 2.24) is 24.9 Å². The van der Waals surface area contributed by atoms with Gasteiger partial charge in [-0.25, -0.2) is 18.9 Å². The Morgan fingerprint density at radius 2 is 2.03 bits per heavy atom. The van der Waals surface area contributed by atoms with Crippen LogP contribution in [0.2, 0.25) is 0 Å². The van der Waals surface area contributed by atoms with E-state index in [4.69, 9.17) is 9.26 Å². The summed E-state index contributed by atoms with van der Waals surface area (Å²) in [7, 11) is 0. The largest absolute Gasteiger partial charge is 0.452 e. The minimum atomic E-state index is -0.515. The van der Waals surface area contributed by atoms with E-state index in [2.05, 4.69) is 20.2 Å². The number of nitrogens with zero attached hydrogens (tertiary/aromatic N) is 5. The fraction of sp³-hybridized carbons (Fsp3) is 0.150. The Morgan fingerprint density at radius 1 is 1.21 bits per heavy atom. The van der Waals surface area contributed by atoms with E-state index in [0.717, 1.165) is 5.56 Å². The maximum absolute atomic E-state index is 13.7. The molecule has 0 bridgehead atoms. The van der Waals surface area contributed by atoms with Gasteiger partial charge in [-0.05, 0) is 36.2 Å². The minimum absolute atomic E-state index is 0.122. The average molecular weight is 393 g/mol. The highest BCUT2D eigenvalue weighted by atomic mass is 19.1. The van der Waals surface area contributed by atoms with E-state index < -0.39 is 5.97 Å². The van der Waals surface area contributed by atoms with Gasteiger partial charge in [0.25, 0.3) is 5.89 Å². The van der Waals surface area contributed by atoms with Gasteiger partial charge in [-0.2, -0.15) is 10.1 Å². The summed E-state index contributed by atoms with van der Waals surface area (Å²) in [6.07, 6.45) is 3.08. The van der Waals surface area contributed by atoms with E-state index >= 15 is 0 Å². The molecular weight excluding hydrogens is 377 g/mol. The second kappa shape index (κ2) is 8.01. The highest BCUT2D eigenvalue weighted by molar-refractivity contribution is 5.89. The molecule has 0 saturated heterocycles. The first-order valence-electron chi connectivity index (χ1n) is 8.76. The Hall–Kier alpha value is -3.88. The second-order valence-electron chi connectivity index (χ2n) is 6.34. The van der Waals surface area contributed by atoms with Crippen molar-refractivity contribution in [2.45, 2.75) is 20.1 Å². The third-order valence-corrected chi connectivity index (χ3v) is 4.23. The van der Waals surface area contributed by atoms with Gasteiger partial charge in [0.15, 0.2) is 6.61 Å². The zero-order valence-corrected chi connectivity index (χ0v) is 15.4. The fourth-order valence-corrected chi connectivity index (χ4v) is 2.62. The molecule has 2 aromatic heterocycles. The molecule has 0 saturated carbocycles. The smallest absolute Gasteiger partial charge is 0.338 e. The van der Waals surface area contributed by atoms with E-state index in [0.29, 0.717) is 23.2 Å². The van der Waals surface area contributed by atoms with Crippen LogP contribution >= 0.6 is 0 Å². The van der Waals surface area contributed by atoms with E-state index in [1.165, 1.54) is 12.4 Å². The van der Waals surface area contributed by atoms with Crippen LogP contribution in [-0.2, 0) is 17.9 Å². The van der Waals surface area contributed by atoms with Gasteiger partial charge in [0.1, 0.15) is 18.5 Å². The Morgan fingerprint density at radius 3 is 2.76 bits per heavy atom. The van der Waals surface area contributed by atoms with Crippen molar-refractivity contribution < 1.29 is 18.4 Å². The van der Waals surface area contributed by atoms with Gasteiger partial charge in [0, 0.05) is 5.56 Å². The molecule has 0 aliphatic heterocycles. The highest BCUT2D eigenvalue weighted by Crippen LogP contribution is 2.19. The average Bonchev–Trinajstić information content (AvgIpc) is 3.41. The molecule has 0 unspecified atom stereocenters. The van der Waals surface area contributed by atoms with Crippen molar-refractivity contribution in [3.8, 4) is 11.4 Å². The van der Waals surface area contributed by atoms with Crippen LogP contribution in [0.1, 0.15) is 27.4 Å². The Labute approximate surface area is 165 Å². The highest BCUT2D eigenvalue weighted by Gasteiger charge is 2.13. The summed E-state index contributed by atoms with van der Waals surface area (Å²) in [6, 6.07) is 11.6. The number of hydrogen-bond donors (Lipinski definition) is 0. The molecule has 29 heavy (non-hydrogen) atoms. The molecule has 8 nitrogen and oxygen atoms in total. The molecule has 0 aliphatic rings. The predicted octanol–water partition coefficient (Wildman–Crippen LogP) is 3.18. The Bertz CT molecular complexity index is 1120. The van der Waals surface area contributed by atoms with Crippen molar-refractivity contribution in [2.24, 2.45) is 0 Å². The summed E-state index contributed by atoms with van der Waals surface area (Å²) in [5.41, 5.74) is 2.38. The van der Waals surface area contributed by atoms with E-state index in [1.54, 1.807) is 42.2 Å². The lowest BCUT2D eigenvalue weighted by molar-refractivity contribution is 0.0430. The molecule has 146 valence electrons. The minimum Gasteiger partial charge on any atom is -0.452 e. The third kappa shape index (κ3) is 4.34.